The van der Waals surface area contributed by atoms with E-state index in [0.717, 1.165) is 23.5 Å². The molecule has 4 fully saturated rings. The highest BCUT2D eigenvalue weighted by atomic mass is 32.2. The fourth-order valence-corrected chi connectivity index (χ4v) is 9.84. The first kappa shape index (κ1) is 52.8. The topological polar surface area (TPSA) is 414 Å². The van der Waals surface area contributed by atoms with Gasteiger partial charge in [-0.15, -0.1) is 0 Å². The van der Waals surface area contributed by atoms with Crippen LogP contribution in [0.1, 0.15) is 21.5 Å². The number of thioether (sulfide) groups is 2. The summed E-state index contributed by atoms with van der Waals surface area (Å²) < 4.78 is 38.6. The molecule has 26 nitrogen and oxygen atoms in total. The van der Waals surface area contributed by atoms with Crippen LogP contribution in [-0.4, -0.2) is 257 Å². The van der Waals surface area contributed by atoms with Crippen LogP contribution in [0, 0.1) is 0 Å². The van der Waals surface area contributed by atoms with Gasteiger partial charge in [-0.3, -0.25) is 9.98 Å². The molecule has 6 heterocycles. The third kappa shape index (κ3) is 11.5. The second-order valence-corrected chi connectivity index (χ2v) is 18.7. The molecule has 0 saturated carbocycles. The monoisotopic (exact) mass is 1010 g/mol. The van der Waals surface area contributed by atoms with Crippen molar-refractivity contribution in [1.29, 1.82) is 0 Å². The van der Waals surface area contributed by atoms with Crippen LogP contribution in [0.2, 0.25) is 0 Å². The van der Waals surface area contributed by atoms with Crippen molar-refractivity contribution < 1.29 is 109 Å². The van der Waals surface area contributed by atoms with Crippen molar-refractivity contribution in [2.24, 2.45) is 9.98 Å². The molecule has 1 aromatic rings. The van der Waals surface area contributed by atoms with Gasteiger partial charge in [0.2, 0.25) is 0 Å². The largest absolute Gasteiger partial charge is 0.465 e. The average molecular weight is 1010 g/mol. The number of aliphatic hydroxyl groups excluding tert-OH is 14. The lowest BCUT2D eigenvalue weighted by Gasteiger charge is -2.46. The zero-order valence-corrected chi connectivity index (χ0v) is 37.5. The van der Waals surface area contributed by atoms with Crippen LogP contribution in [0.4, 0.5) is 0 Å². The Bertz CT molecular complexity index is 1900. The van der Waals surface area contributed by atoms with Crippen molar-refractivity contribution in [1.82, 2.24) is 10.6 Å². The Morgan fingerprint density at radius 1 is 0.574 bits per heavy atom. The van der Waals surface area contributed by atoms with Gasteiger partial charge in [0.25, 0.3) is 0 Å². The van der Waals surface area contributed by atoms with Gasteiger partial charge in [0, 0.05) is 9.81 Å². The minimum Gasteiger partial charge on any atom is -0.465 e. The van der Waals surface area contributed by atoms with Gasteiger partial charge in [-0.05, 0) is 41.5 Å². The van der Waals surface area contributed by atoms with E-state index in [9.17, 15) is 76.3 Å². The standard InChI is InChI=1S/C40H56N4O22S2/c1-60-36(59)15-3-13(5-16-7-41-39(67-16)43-34-28(55)26(53)32(20(11-47)61-34)65-37-30(57)24(51)22(49)18(9-45)63-37)2-14(4-15)6-17-8-42-40(68-17)44-35-29(56)27(54)33(21(12-48)62-35)66-38-31(58)25(52)23(50)19(10-46)64-38/h2-6,18-35,37-38,45-58H,7-12H2,1H3,(H,41,43)(H,42,44)/b16-5-,17-6-/t18-,19-,20-,21-,22+,23+,24+,25+,26-,27-,28-,29-,30-,31-,32-,33-,34-,35-,37+,38+/m1/s1. The van der Waals surface area contributed by atoms with E-state index in [4.69, 9.17) is 33.2 Å². The van der Waals surface area contributed by atoms with E-state index in [1.165, 1.54) is 7.11 Å². The molecule has 6 aliphatic heterocycles. The van der Waals surface area contributed by atoms with E-state index in [2.05, 4.69) is 20.6 Å². The molecule has 0 spiro atoms. The first-order valence-corrected chi connectivity index (χ1v) is 22.9. The third-order valence-electron chi connectivity index (χ3n) is 11.8. The molecular formula is C40H56N4O22S2. The van der Waals surface area contributed by atoms with E-state index >= 15 is 0 Å². The number of aliphatic imine (C=N–C) groups is 2. The van der Waals surface area contributed by atoms with Gasteiger partial charge >= 0.3 is 5.97 Å². The molecule has 7 rings (SSSR count). The first-order chi connectivity index (χ1) is 32.5. The number of nitrogens with one attached hydrogen (secondary N) is 2. The molecule has 0 aliphatic carbocycles. The number of aliphatic hydroxyl groups is 14. The van der Waals surface area contributed by atoms with Gasteiger partial charge in [0.15, 0.2) is 35.4 Å². The Kier molecular flexibility index (Phi) is 17.9. The van der Waals surface area contributed by atoms with Crippen molar-refractivity contribution in [2.75, 3.05) is 46.6 Å². The number of esters is 1. The number of hydrogen-bond acceptors (Lipinski definition) is 28. The minimum absolute atomic E-state index is 0.157. The van der Waals surface area contributed by atoms with Crippen molar-refractivity contribution >= 4 is 52.0 Å². The SMILES string of the molecule is COC(=O)c1cc(/C=C2/CN=C(N[C@@H]3O[C@H](CO)[C@@H](O[C@@H]4O[C@H](CO)[C@H](O)[C@H](O)[C@H]4O)[C@H](O)[C@H]3O)S2)cc(/C=C2/CN=C(N[C@@H]3O[C@H](CO)[C@@H](O[C@@H]4O[C@H](CO)[C@H](O)[C@H](O)[C@H]4O)[C@H](O)[C@H]3O)S2)c1. The quantitative estimate of drug-likeness (QED) is 0.0816. The lowest BCUT2D eigenvalue weighted by molar-refractivity contribution is -0.342. The summed E-state index contributed by atoms with van der Waals surface area (Å²) in [5.74, 6) is -0.622. The summed E-state index contributed by atoms with van der Waals surface area (Å²) in [5.41, 5.74) is 1.36. The highest BCUT2D eigenvalue weighted by Gasteiger charge is 2.52. The highest BCUT2D eigenvalue weighted by molar-refractivity contribution is 8.17. The molecular weight excluding hydrogens is 953 g/mol. The van der Waals surface area contributed by atoms with Gasteiger partial charge < -0.3 is 115 Å². The molecule has 1 aromatic carbocycles. The van der Waals surface area contributed by atoms with Gasteiger partial charge in [-0.2, -0.15) is 0 Å². The van der Waals surface area contributed by atoms with Crippen molar-refractivity contribution in [3.63, 3.8) is 0 Å². The van der Waals surface area contributed by atoms with E-state index < -0.39 is 155 Å². The zero-order chi connectivity index (χ0) is 49.1. The molecule has 0 amide bonds. The number of rotatable bonds is 13. The van der Waals surface area contributed by atoms with Crippen LogP contribution < -0.4 is 10.6 Å². The lowest BCUT2D eigenvalue weighted by Crippen LogP contribution is -2.66. The second-order valence-electron chi connectivity index (χ2n) is 16.5. The molecule has 28 heteroatoms. The van der Waals surface area contributed by atoms with Crippen LogP contribution in [0.3, 0.4) is 0 Å². The van der Waals surface area contributed by atoms with Crippen LogP contribution in [-0.2, 0) is 33.2 Å². The van der Waals surface area contributed by atoms with Gasteiger partial charge in [-0.1, -0.05) is 23.5 Å². The Hall–Kier alpha value is -2.99. The smallest absolute Gasteiger partial charge is 0.337 e. The maximum absolute atomic E-state index is 12.8. The van der Waals surface area contributed by atoms with Crippen LogP contribution in [0.25, 0.3) is 12.2 Å². The van der Waals surface area contributed by atoms with Gasteiger partial charge in [-0.25, -0.2) is 4.79 Å². The summed E-state index contributed by atoms with van der Waals surface area (Å²) in [6.07, 6.45) is -28.1. The number of ether oxygens (including phenoxy) is 7. The molecule has 0 bridgehead atoms. The molecule has 6 aliphatic rings. The Labute approximate surface area is 395 Å². The first-order valence-electron chi connectivity index (χ1n) is 21.3. The maximum atomic E-state index is 12.8. The third-order valence-corrected chi connectivity index (χ3v) is 13.7. The van der Waals surface area contributed by atoms with Gasteiger partial charge in [0.1, 0.15) is 97.7 Å². The molecule has 0 unspecified atom stereocenters. The summed E-state index contributed by atoms with van der Waals surface area (Å²) in [7, 11) is 1.23. The van der Waals surface area contributed by atoms with Crippen LogP contribution in [0.15, 0.2) is 38.0 Å². The van der Waals surface area contributed by atoms with Crippen molar-refractivity contribution in [2.45, 2.75) is 123 Å². The molecule has 20 atom stereocenters. The van der Waals surface area contributed by atoms with E-state index in [1.54, 1.807) is 30.4 Å². The minimum atomic E-state index is -1.82. The molecule has 16 N–H and O–H groups in total. The number of nitrogens with zero attached hydrogens (tertiary/aromatic N) is 2. The molecule has 0 aromatic heterocycles. The summed E-state index contributed by atoms with van der Waals surface area (Å²) in [6, 6.07) is 4.98. The predicted octanol–water partition coefficient (Wildman–Crippen LogP) is -7.21. The normalized spacial score (nSPS) is 42.2. The van der Waals surface area contributed by atoms with E-state index in [0.29, 0.717) is 20.9 Å². The Morgan fingerprint density at radius 2 is 0.971 bits per heavy atom. The number of methoxy groups -OCH3 is 1. The lowest BCUT2D eigenvalue weighted by atomic mass is 9.96. The Morgan fingerprint density at radius 3 is 1.34 bits per heavy atom. The summed E-state index contributed by atoms with van der Waals surface area (Å²) >= 11 is 2.31. The van der Waals surface area contributed by atoms with Gasteiger partial charge in [0.05, 0.1) is 52.2 Å². The molecule has 68 heavy (non-hydrogen) atoms. The summed E-state index contributed by atoms with van der Waals surface area (Å²) in [4.78, 5) is 23.0. The summed E-state index contributed by atoms with van der Waals surface area (Å²) in [5, 5.41) is 151. The van der Waals surface area contributed by atoms with E-state index in [1.807, 2.05) is 0 Å². The average Bonchev–Trinajstić information content (AvgIpc) is 3.98. The van der Waals surface area contributed by atoms with Crippen LogP contribution in [0.5, 0.6) is 0 Å². The maximum Gasteiger partial charge on any atom is 0.337 e. The Balaban J connectivity index is 0.960. The predicted molar refractivity (Wildman–Crippen MR) is 233 cm³/mol. The van der Waals surface area contributed by atoms with Crippen molar-refractivity contribution in [3.05, 3.63) is 44.7 Å². The van der Waals surface area contributed by atoms with Crippen molar-refractivity contribution in [3.8, 4) is 0 Å². The van der Waals surface area contributed by atoms with E-state index in [-0.39, 0.29) is 29.0 Å². The molecule has 0 radical (unpaired) electrons. The zero-order valence-electron chi connectivity index (χ0n) is 35.9. The number of amidine groups is 2. The number of carbonyl (C=O) groups excluding carboxylic acids is 1. The second kappa shape index (κ2) is 23.0. The summed E-state index contributed by atoms with van der Waals surface area (Å²) in [6.45, 7) is -2.61. The fraction of sp³-hybridized carbons (Fsp3) is 0.675. The number of benzene rings is 1. The fourth-order valence-electron chi connectivity index (χ4n) is 8.09. The number of carbonyl (C=O) groups is 1. The highest BCUT2D eigenvalue weighted by Crippen LogP contribution is 2.34. The molecule has 380 valence electrons. The van der Waals surface area contributed by atoms with Crippen LogP contribution >= 0.6 is 23.5 Å². The molecule has 4 saturated heterocycles. The number of hydrogen-bond donors (Lipinski definition) is 16.